The van der Waals surface area contributed by atoms with Gasteiger partial charge in [-0.05, 0) is 19.1 Å². The Bertz CT molecular complexity index is 817. The number of benzene rings is 1. The minimum Gasteiger partial charge on any atom is -0.478 e. The molecule has 0 aliphatic carbocycles. The highest BCUT2D eigenvalue weighted by atomic mass is 16.5. The predicted octanol–water partition coefficient (Wildman–Crippen LogP) is 2.64. The lowest BCUT2D eigenvalue weighted by molar-refractivity contribution is 0.0698. The van der Waals surface area contributed by atoms with Crippen molar-refractivity contribution in [3.63, 3.8) is 0 Å². The SMILES string of the molecule is CCc1nc2cccc(C(=O)O)c2n1Cc1cc(C)on1. The van der Waals surface area contributed by atoms with Crippen LogP contribution in [0.4, 0.5) is 0 Å². The first-order chi connectivity index (χ1) is 10.1. The number of aromatic nitrogens is 3. The molecule has 0 atom stereocenters. The number of fused-ring (bicyclic) bond motifs is 1. The summed E-state index contributed by atoms with van der Waals surface area (Å²) in [6, 6.07) is 6.97. The molecule has 0 aliphatic heterocycles. The number of carboxylic acid groups (broad SMARTS) is 1. The topological polar surface area (TPSA) is 81.1 Å². The van der Waals surface area contributed by atoms with Gasteiger partial charge in [0.1, 0.15) is 17.3 Å². The van der Waals surface area contributed by atoms with Gasteiger partial charge in [0.05, 0.1) is 23.1 Å². The summed E-state index contributed by atoms with van der Waals surface area (Å²) in [5.41, 5.74) is 2.32. The standard InChI is InChI=1S/C15H15N3O3/c1-3-13-16-12-6-4-5-11(15(19)20)14(12)18(13)8-10-7-9(2)21-17-10/h4-7H,3,8H2,1-2H3,(H,19,20). The van der Waals surface area contributed by atoms with Crippen LogP contribution in [0, 0.1) is 6.92 Å². The van der Waals surface area contributed by atoms with E-state index in [1.54, 1.807) is 12.1 Å². The van der Waals surface area contributed by atoms with Crippen molar-refractivity contribution < 1.29 is 14.4 Å². The molecule has 0 bridgehead atoms. The Hall–Kier alpha value is -2.63. The number of carboxylic acids is 1. The van der Waals surface area contributed by atoms with Gasteiger partial charge in [0.25, 0.3) is 0 Å². The Labute approximate surface area is 121 Å². The second-order valence-electron chi connectivity index (χ2n) is 4.88. The van der Waals surface area contributed by atoms with Gasteiger partial charge in [-0.15, -0.1) is 0 Å². The van der Waals surface area contributed by atoms with Gasteiger partial charge in [-0.25, -0.2) is 9.78 Å². The van der Waals surface area contributed by atoms with E-state index < -0.39 is 5.97 Å². The number of aryl methyl sites for hydroxylation is 2. The lowest BCUT2D eigenvalue weighted by Crippen LogP contribution is -2.08. The zero-order valence-electron chi connectivity index (χ0n) is 11.8. The highest BCUT2D eigenvalue weighted by Crippen LogP contribution is 2.22. The van der Waals surface area contributed by atoms with E-state index in [2.05, 4.69) is 10.1 Å². The Balaban J connectivity index is 2.20. The molecule has 0 aliphatic rings. The van der Waals surface area contributed by atoms with Crippen molar-refractivity contribution in [1.82, 2.24) is 14.7 Å². The Morgan fingerprint density at radius 3 is 2.86 bits per heavy atom. The first-order valence-electron chi connectivity index (χ1n) is 6.73. The number of imidazole rings is 1. The molecule has 3 rings (SSSR count). The van der Waals surface area contributed by atoms with Crippen LogP contribution in [0.2, 0.25) is 0 Å². The number of rotatable bonds is 4. The van der Waals surface area contributed by atoms with Gasteiger partial charge in [0, 0.05) is 12.5 Å². The fourth-order valence-electron chi connectivity index (χ4n) is 2.50. The van der Waals surface area contributed by atoms with Crippen LogP contribution in [0.1, 0.15) is 34.6 Å². The molecule has 108 valence electrons. The highest BCUT2D eigenvalue weighted by molar-refractivity contribution is 6.01. The largest absolute Gasteiger partial charge is 0.478 e. The number of para-hydroxylation sites is 1. The monoisotopic (exact) mass is 285 g/mol. The fraction of sp³-hybridized carbons (Fsp3) is 0.267. The van der Waals surface area contributed by atoms with Crippen LogP contribution in [0.5, 0.6) is 0 Å². The molecule has 3 aromatic rings. The summed E-state index contributed by atoms with van der Waals surface area (Å²) in [4.78, 5) is 16.0. The van der Waals surface area contributed by atoms with Crippen LogP contribution < -0.4 is 0 Å². The normalized spacial score (nSPS) is 11.1. The van der Waals surface area contributed by atoms with E-state index in [9.17, 15) is 9.90 Å². The van der Waals surface area contributed by atoms with Crippen LogP contribution in [-0.4, -0.2) is 25.8 Å². The van der Waals surface area contributed by atoms with E-state index in [1.807, 2.05) is 30.5 Å². The second-order valence-corrected chi connectivity index (χ2v) is 4.88. The minimum atomic E-state index is -0.958. The Kier molecular flexibility index (Phi) is 3.21. The summed E-state index contributed by atoms with van der Waals surface area (Å²) in [7, 11) is 0. The molecule has 0 fully saturated rings. The zero-order valence-corrected chi connectivity index (χ0v) is 11.8. The molecule has 2 heterocycles. The third-order valence-corrected chi connectivity index (χ3v) is 3.39. The molecular formula is C15H15N3O3. The maximum Gasteiger partial charge on any atom is 0.337 e. The van der Waals surface area contributed by atoms with Crippen molar-refractivity contribution in [2.24, 2.45) is 0 Å². The smallest absolute Gasteiger partial charge is 0.337 e. The first-order valence-corrected chi connectivity index (χ1v) is 6.73. The Morgan fingerprint density at radius 2 is 2.24 bits per heavy atom. The zero-order chi connectivity index (χ0) is 15.0. The summed E-state index contributed by atoms with van der Waals surface area (Å²) in [5, 5.41) is 13.4. The molecule has 0 unspecified atom stereocenters. The van der Waals surface area contributed by atoms with E-state index >= 15 is 0 Å². The van der Waals surface area contributed by atoms with Crippen LogP contribution in [0.15, 0.2) is 28.8 Å². The van der Waals surface area contributed by atoms with Crippen molar-refractivity contribution in [2.45, 2.75) is 26.8 Å². The number of nitrogens with zero attached hydrogens (tertiary/aromatic N) is 3. The summed E-state index contributed by atoms with van der Waals surface area (Å²) >= 11 is 0. The van der Waals surface area contributed by atoms with Crippen molar-refractivity contribution in [1.29, 1.82) is 0 Å². The molecule has 6 heteroatoms. The Morgan fingerprint density at radius 1 is 1.43 bits per heavy atom. The number of hydrogen-bond donors (Lipinski definition) is 1. The second kappa shape index (κ2) is 5.05. The molecule has 0 spiro atoms. The number of aromatic carboxylic acids is 1. The van der Waals surface area contributed by atoms with Crippen molar-refractivity contribution in [3.8, 4) is 0 Å². The molecule has 0 amide bonds. The maximum absolute atomic E-state index is 11.4. The van der Waals surface area contributed by atoms with E-state index in [0.717, 1.165) is 17.3 Å². The number of hydrogen-bond acceptors (Lipinski definition) is 4. The molecule has 0 saturated carbocycles. The summed E-state index contributed by atoms with van der Waals surface area (Å²) < 4.78 is 6.98. The van der Waals surface area contributed by atoms with Crippen LogP contribution in [0.25, 0.3) is 11.0 Å². The van der Waals surface area contributed by atoms with Gasteiger partial charge in [-0.2, -0.15) is 0 Å². The molecule has 0 saturated heterocycles. The first kappa shape index (κ1) is 13.4. The molecule has 21 heavy (non-hydrogen) atoms. The van der Waals surface area contributed by atoms with Crippen molar-refractivity contribution in [2.75, 3.05) is 0 Å². The average Bonchev–Trinajstić information content (AvgIpc) is 3.03. The molecule has 1 N–H and O–H groups in total. The minimum absolute atomic E-state index is 0.250. The van der Waals surface area contributed by atoms with E-state index in [4.69, 9.17) is 4.52 Å². The third kappa shape index (κ3) is 2.29. The molecule has 0 radical (unpaired) electrons. The lowest BCUT2D eigenvalue weighted by atomic mass is 10.2. The third-order valence-electron chi connectivity index (χ3n) is 3.39. The predicted molar refractivity (Wildman–Crippen MR) is 76.4 cm³/mol. The number of carbonyl (C=O) groups is 1. The molecule has 6 nitrogen and oxygen atoms in total. The molecule has 1 aromatic carbocycles. The van der Waals surface area contributed by atoms with Gasteiger partial charge in [-0.1, -0.05) is 18.1 Å². The van der Waals surface area contributed by atoms with E-state index in [-0.39, 0.29) is 5.56 Å². The quantitative estimate of drug-likeness (QED) is 0.797. The van der Waals surface area contributed by atoms with Crippen molar-refractivity contribution >= 4 is 17.0 Å². The lowest BCUT2D eigenvalue weighted by Gasteiger charge is -2.07. The van der Waals surface area contributed by atoms with Crippen LogP contribution in [0.3, 0.4) is 0 Å². The van der Waals surface area contributed by atoms with Gasteiger partial charge >= 0.3 is 5.97 Å². The average molecular weight is 285 g/mol. The fourth-order valence-corrected chi connectivity index (χ4v) is 2.50. The molecular weight excluding hydrogens is 270 g/mol. The van der Waals surface area contributed by atoms with Gasteiger partial charge in [0.2, 0.25) is 0 Å². The summed E-state index contributed by atoms with van der Waals surface area (Å²) in [5.74, 6) is 0.603. The van der Waals surface area contributed by atoms with Gasteiger partial charge in [-0.3, -0.25) is 0 Å². The van der Waals surface area contributed by atoms with Crippen LogP contribution in [-0.2, 0) is 13.0 Å². The van der Waals surface area contributed by atoms with E-state index in [1.165, 1.54) is 0 Å². The summed E-state index contributed by atoms with van der Waals surface area (Å²) in [6.07, 6.45) is 0.713. The van der Waals surface area contributed by atoms with Crippen LogP contribution >= 0.6 is 0 Å². The highest BCUT2D eigenvalue weighted by Gasteiger charge is 2.17. The summed E-state index contributed by atoms with van der Waals surface area (Å²) in [6.45, 7) is 4.26. The van der Waals surface area contributed by atoms with Gasteiger partial charge < -0.3 is 14.2 Å². The van der Waals surface area contributed by atoms with E-state index in [0.29, 0.717) is 24.0 Å². The maximum atomic E-state index is 11.4. The van der Waals surface area contributed by atoms with Crippen molar-refractivity contribution in [3.05, 3.63) is 47.1 Å². The molecule has 2 aromatic heterocycles. The van der Waals surface area contributed by atoms with Gasteiger partial charge in [0.15, 0.2) is 0 Å².